The van der Waals surface area contributed by atoms with Gasteiger partial charge in [-0.25, -0.2) is 9.97 Å². The molecule has 6 heteroatoms. The average molecular weight is 319 g/mol. The number of aliphatic hydroxyl groups excluding tert-OH is 1. The fraction of sp³-hybridized carbons (Fsp3) is 0.765. The first kappa shape index (κ1) is 16.6. The quantitative estimate of drug-likeness (QED) is 0.755. The summed E-state index contributed by atoms with van der Waals surface area (Å²) in [5, 5.41) is 16.5. The van der Waals surface area contributed by atoms with E-state index < -0.39 is 0 Å². The van der Waals surface area contributed by atoms with Crippen LogP contribution in [0.3, 0.4) is 0 Å². The molecule has 1 aromatic heterocycles. The lowest BCUT2D eigenvalue weighted by Gasteiger charge is -2.29. The minimum atomic E-state index is -0.101. The topological polar surface area (TPSA) is 73.3 Å². The molecule has 2 fully saturated rings. The third-order valence-corrected chi connectivity index (χ3v) is 4.86. The molecule has 1 aromatic rings. The zero-order valence-electron chi connectivity index (χ0n) is 14.1. The van der Waals surface area contributed by atoms with Crippen molar-refractivity contribution in [2.45, 2.75) is 44.6 Å². The average Bonchev–Trinajstić information content (AvgIpc) is 2.57. The Morgan fingerprint density at radius 1 is 1.30 bits per heavy atom. The van der Waals surface area contributed by atoms with Crippen LogP contribution in [0.2, 0.25) is 0 Å². The number of hydrogen-bond donors (Lipinski definition) is 3. The van der Waals surface area contributed by atoms with Crippen LogP contribution in [0.25, 0.3) is 0 Å². The number of piperidine rings is 2. The molecule has 0 saturated carbocycles. The Bertz CT molecular complexity index is 496. The third-order valence-electron chi connectivity index (χ3n) is 4.86. The monoisotopic (exact) mass is 319 g/mol. The maximum Gasteiger partial charge on any atom is 0.129 e. The van der Waals surface area contributed by atoms with E-state index in [1.54, 1.807) is 0 Å². The van der Waals surface area contributed by atoms with Crippen LogP contribution < -0.4 is 10.6 Å². The van der Waals surface area contributed by atoms with Gasteiger partial charge in [-0.1, -0.05) is 0 Å². The number of aryl methyl sites for hydroxylation is 1. The summed E-state index contributed by atoms with van der Waals surface area (Å²) in [6.45, 7) is 7.97. The van der Waals surface area contributed by atoms with Crippen molar-refractivity contribution in [1.29, 1.82) is 0 Å². The maximum absolute atomic E-state index is 9.55. The molecule has 0 spiro atoms. The van der Waals surface area contributed by atoms with Crippen LogP contribution in [0.5, 0.6) is 0 Å². The Kier molecular flexibility index (Phi) is 5.80. The zero-order valence-corrected chi connectivity index (χ0v) is 14.1. The van der Waals surface area contributed by atoms with Crippen molar-refractivity contribution in [2.24, 2.45) is 0 Å². The number of nitrogens with zero attached hydrogens (tertiary/aromatic N) is 3. The standard InChI is InChI=1S/C17H29N5O/c1-13-20-16(14-3-2-6-18-12-14)11-17(21-13)19-7-10-22-8-4-15(23)5-9-22/h11,14-15,18,23H,2-10,12H2,1H3,(H,19,20,21). The maximum atomic E-state index is 9.55. The van der Waals surface area contributed by atoms with Crippen LogP contribution in [0, 0.1) is 6.92 Å². The molecule has 0 aromatic carbocycles. The SMILES string of the molecule is Cc1nc(NCCN2CCC(O)CC2)cc(C2CCCNC2)n1. The van der Waals surface area contributed by atoms with E-state index >= 15 is 0 Å². The Hall–Kier alpha value is -1.24. The van der Waals surface area contributed by atoms with Crippen LogP contribution in [0.15, 0.2) is 6.07 Å². The molecule has 0 amide bonds. The lowest BCUT2D eigenvalue weighted by Crippen LogP contribution is -2.38. The van der Waals surface area contributed by atoms with Crippen LogP contribution in [0.1, 0.15) is 43.1 Å². The Labute approximate surface area is 138 Å². The fourth-order valence-corrected chi connectivity index (χ4v) is 3.48. The lowest BCUT2D eigenvalue weighted by molar-refractivity contribution is 0.0845. The Morgan fingerprint density at radius 3 is 2.87 bits per heavy atom. The molecule has 23 heavy (non-hydrogen) atoms. The highest BCUT2D eigenvalue weighted by Gasteiger charge is 2.18. The van der Waals surface area contributed by atoms with E-state index in [0.717, 1.165) is 69.4 Å². The molecule has 6 nitrogen and oxygen atoms in total. The second-order valence-corrected chi connectivity index (χ2v) is 6.77. The number of nitrogens with one attached hydrogen (secondary N) is 2. The molecular formula is C17H29N5O. The minimum Gasteiger partial charge on any atom is -0.393 e. The molecule has 3 rings (SSSR count). The fourth-order valence-electron chi connectivity index (χ4n) is 3.48. The Balaban J connectivity index is 1.52. The molecule has 2 aliphatic heterocycles. The summed E-state index contributed by atoms with van der Waals surface area (Å²) in [5.74, 6) is 2.29. The van der Waals surface area contributed by atoms with Gasteiger partial charge in [0.2, 0.25) is 0 Å². The summed E-state index contributed by atoms with van der Waals surface area (Å²) in [5.41, 5.74) is 1.16. The van der Waals surface area contributed by atoms with Crippen LogP contribution in [0.4, 0.5) is 5.82 Å². The van der Waals surface area contributed by atoms with Gasteiger partial charge in [-0.2, -0.15) is 0 Å². The molecule has 0 radical (unpaired) electrons. The van der Waals surface area contributed by atoms with E-state index in [1.807, 2.05) is 6.92 Å². The summed E-state index contributed by atoms with van der Waals surface area (Å²) in [6.07, 6.45) is 4.11. The molecule has 128 valence electrons. The first-order chi connectivity index (χ1) is 11.2. The lowest BCUT2D eigenvalue weighted by atomic mass is 9.96. The van der Waals surface area contributed by atoms with Crippen molar-refractivity contribution < 1.29 is 5.11 Å². The predicted octanol–water partition coefficient (Wildman–Crippen LogP) is 1.12. The van der Waals surface area contributed by atoms with Gasteiger partial charge in [-0.05, 0) is 39.2 Å². The van der Waals surface area contributed by atoms with E-state index in [1.165, 1.54) is 12.8 Å². The van der Waals surface area contributed by atoms with Crippen LogP contribution in [-0.2, 0) is 0 Å². The molecule has 2 aliphatic rings. The second-order valence-electron chi connectivity index (χ2n) is 6.77. The van der Waals surface area contributed by atoms with E-state index in [4.69, 9.17) is 0 Å². The number of aromatic nitrogens is 2. The van der Waals surface area contributed by atoms with Gasteiger partial charge in [0.15, 0.2) is 0 Å². The van der Waals surface area contributed by atoms with Gasteiger partial charge in [0, 0.05) is 44.7 Å². The highest BCUT2D eigenvalue weighted by atomic mass is 16.3. The van der Waals surface area contributed by atoms with Gasteiger partial charge in [0.25, 0.3) is 0 Å². The first-order valence-electron chi connectivity index (χ1n) is 8.91. The van der Waals surface area contributed by atoms with Crippen molar-refractivity contribution in [1.82, 2.24) is 20.2 Å². The summed E-state index contributed by atoms with van der Waals surface area (Å²) in [7, 11) is 0. The molecule has 3 heterocycles. The van der Waals surface area contributed by atoms with Crippen LogP contribution >= 0.6 is 0 Å². The highest BCUT2D eigenvalue weighted by Crippen LogP contribution is 2.23. The molecule has 0 bridgehead atoms. The van der Waals surface area contributed by atoms with Gasteiger partial charge in [0.05, 0.1) is 11.8 Å². The van der Waals surface area contributed by atoms with E-state index in [2.05, 4.69) is 31.6 Å². The Morgan fingerprint density at radius 2 is 2.13 bits per heavy atom. The van der Waals surface area contributed by atoms with Gasteiger partial charge in [-0.15, -0.1) is 0 Å². The van der Waals surface area contributed by atoms with Gasteiger partial charge in [-0.3, -0.25) is 0 Å². The summed E-state index contributed by atoms with van der Waals surface area (Å²) < 4.78 is 0. The van der Waals surface area contributed by atoms with Gasteiger partial charge in [0.1, 0.15) is 11.6 Å². The van der Waals surface area contributed by atoms with Crippen molar-refractivity contribution in [2.75, 3.05) is 44.6 Å². The highest BCUT2D eigenvalue weighted by molar-refractivity contribution is 5.37. The molecular weight excluding hydrogens is 290 g/mol. The van der Waals surface area contributed by atoms with Gasteiger partial charge >= 0.3 is 0 Å². The van der Waals surface area contributed by atoms with Crippen LogP contribution in [-0.4, -0.2) is 65.3 Å². The number of likely N-dealkylation sites (tertiary alicyclic amines) is 1. The third kappa shape index (κ3) is 4.86. The smallest absolute Gasteiger partial charge is 0.129 e. The molecule has 1 atom stereocenters. The van der Waals surface area contributed by atoms with Crippen molar-refractivity contribution in [3.63, 3.8) is 0 Å². The van der Waals surface area contributed by atoms with E-state index in [0.29, 0.717) is 5.92 Å². The van der Waals surface area contributed by atoms with Gasteiger partial charge < -0.3 is 20.6 Å². The minimum absolute atomic E-state index is 0.101. The van der Waals surface area contributed by atoms with Crippen molar-refractivity contribution in [3.8, 4) is 0 Å². The largest absolute Gasteiger partial charge is 0.393 e. The number of hydrogen-bond acceptors (Lipinski definition) is 6. The number of anilines is 1. The second kappa shape index (κ2) is 8.04. The molecule has 2 saturated heterocycles. The molecule has 3 N–H and O–H groups in total. The van der Waals surface area contributed by atoms with E-state index in [9.17, 15) is 5.11 Å². The van der Waals surface area contributed by atoms with E-state index in [-0.39, 0.29) is 6.10 Å². The zero-order chi connectivity index (χ0) is 16.1. The van der Waals surface area contributed by atoms with Crippen molar-refractivity contribution in [3.05, 3.63) is 17.6 Å². The van der Waals surface area contributed by atoms with Crippen molar-refractivity contribution >= 4 is 5.82 Å². The molecule has 1 unspecified atom stereocenters. The number of aliphatic hydroxyl groups is 1. The number of rotatable bonds is 5. The summed E-state index contributed by atoms with van der Waals surface area (Å²) in [6, 6.07) is 2.12. The molecule has 0 aliphatic carbocycles. The summed E-state index contributed by atoms with van der Waals surface area (Å²) in [4.78, 5) is 11.6. The first-order valence-corrected chi connectivity index (χ1v) is 8.91. The normalized spacial score (nSPS) is 23.8. The summed E-state index contributed by atoms with van der Waals surface area (Å²) >= 11 is 0. The predicted molar refractivity (Wildman–Crippen MR) is 91.8 cm³/mol.